The summed E-state index contributed by atoms with van der Waals surface area (Å²) >= 11 is 7.68. The predicted octanol–water partition coefficient (Wildman–Crippen LogP) is 5.06. The van der Waals surface area contributed by atoms with Crippen LogP contribution in [-0.2, 0) is 4.79 Å². The number of nitrogens with one attached hydrogen (secondary N) is 2. The second-order valence-electron chi connectivity index (χ2n) is 6.72. The molecule has 0 aliphatic heterocycles. The normalized spacial score (nSPS) is 14.1. The minimum Gasteiger partial charge on any atom is -0.326 e. The van der Waals surface area contributed by atoms with Crippen LogP contribution in [0.1, 0.15) is 35.0 Å². The lowest BCUT2D eigenvalue weighted by molar-refractivity contribution is -0.117. The third-order valence-electron chi connectivity index (χ3n) is 4.56. The molecule has 1 aliphatic rings. The van der Waals surface area contributed by atoms with Gasteiger partial charge in [-0.15, -0.1) is 11.3 Å². The zero-order valence-electron chi connectivity index (χ0n) is 15.2. The first-order chi connectivity index (χ1) is 13.5. The topological polar surface area (TPSA) is 70.6 Å². The van der Waals surface area contributed by atoms with Crippen LogP contribution in [0.4, 0.5) is 5.69 Å². The summed E-state index contributed by atoms with van der Waals surface area (Å²) in [4.78, 5) is 24.9. The number of hydrogen-bond donors (Lipinski definition) is 2. The van der Waals surface area contributed by atoms with Crippen molar-refractivity contribution in [3.63, 3.8) is 0 Å². The van der Waals surface area contributed by atoms with E-state index in [0.29, 0.717) is 15.6 Å². The van der Waals surface area contributed by atoms with Crippen LogP contribution in [0, 0.1) is 5.92 Å². The molecule has 0 unspecified atom stereocenters. The summed E-state index contributed by atoms with van der Waals surface area (Å²) in [5.41, 5.74) is 4.75. The van der Waals surface area contributed by atoms with Crippen LogP contribution < -0.4 is 10.7 Å². The minimum atomic E-state index is -0.344. The van der Waals surface area contributed by atoms with Crippen molar-refractivity contribution in [1.29, 1.82) is 0 Å². The second kappa shape index (κ2) is 7.73. The van der Waals surface area contributed by atoms with Gasteiger partial charge in [-0.2, -0.15) is 5.10 Å². The maximum absolute atomic E-state index is 12.5. The van der Waals surface area contributed by atoms with Gasteiger partial charge in [0.1, 0.15) is 4.88 Å². The van der Waals surface area contributed by atoms with Gasteiger partial charge in [0.05, 0.1) is 10.7 Å². The van der Waals surface area contributed by atoms with Gasteiger partial charge >= 0.3 is 0 Å². The number of carbonyl (C=O) groups excluding carboxylic acids is 2. The Balaban J connectivity index is 1.48. The molecule has 1 fully saturated rings. The molecule has 0 saturated heterocycles. The molecule has 3 aromatic rings. The number of halogens is 1. The van der Waals surface area contributed by atoms with E-state index in [2.05, 4.69) is 15.8 Å². The average Bonchev–Trinajstić information content (AvgIpc) is 3.50. The minimum absolute atomic E-state index is 0.0550. The van der Waals surface area contributed by atoms with Gasteiger partial charge in [0.25, 0.3) is 5.91 Å². The van der Waals surface area contributed by atoms with E-state index >= 15 is 0 Å². The number of hydrogen-bond acceptors (Lipinski definition) is 4. The van der Waals surface area contributed by atoms with E-state index in [4.69, 9.17) is 11.6 Å². The van der Waals surface area contributed by atoms with Gasteiger partial charge in [-0.3, -0.25) is 9.59 Å². The van der Waals surface area contributed by atoms with Crippen molar-refractivity contribution < 1.29 is 9.59 Å². The van der Waals surface area contributed by atoms with E-state index < -0.39 is 0 Å². The summed E-state index contributed by atoms with van der Waals surface area (Å²) in [5, 5.41) is 8.42. The fourth-order valence-electron chi connectivity index (χ4n) is 2.82. The lowest BCUT2D eigenvalue weighted by Gasteiger charge is -2.07. The lowest BCUT2D eigenvalue weighted by Crippen LogP contribution is -2.18. The highest BCUT2D eigenvalue weighted by Gasteiger charge is 2.29. The molecule has 7 heteroatoms. The Morgan fingerprint density at radius 2 is 1.93 bits per heavy atom. The second-order valence-corrected chi connectivity index (χ2v) is 8.15. The Morgan fingerprint density at radius 1 is 1.14 bits per heavy atom. The third kappa shape index (κ3) is 3.93. The number of rotatable bonds is 5. The number of fused-ring (bicyclic) bond motifs is 1. The fourth-order valence-corrected chi connectivity index (χ4v) is 4.23. The quantitative estimate of drug-likeness (QED) is 0.455. The first-order valence-corrected chi connectivity index (χ1v) is 10.2. The van der Waals surface area contributed by atoms with Crippen molar-refractivity contribution in [2.45, 2.75) is 19.8 Å². The van der Waals surface area contributed by atoms with Crippen LogP contribution >= 0.6 is 22.9 Å². The van der Waals surface area contributed by atoms with E-state index in [-0.39, 0.29) is 17.7 Å². The van der Waals surface area contributed by atoms with Gasteiger partial charge in [0.2, 0.25) is 5.91 Å². The van der Waals surface area contributed by atoms with E-state index in [1.807, 2.05) is 48.5 Å². The molecule has 0 radical (unpaired) electrons. The van der Waals surface area contributed by atoms with Gasteiger partial charge < -0.3 is 5.32 Å². The molecule has 1 heterocycles. The van der Waals surface area contributed by atoms with Crippen molar-refractivity contribution >= 4 is 56.2 Å². The van der Waals surface area contributed by atoms with Crippen molar-refractivity contribution in [2.75, 3.05) is 5.32 Å². The highest BCUT2D eigenvalue weighted by Crippen LogP contribution is 2.35. The molecule has 1 aromatic heterocycles. The number of benzene rings is 2. The molecule has 142 valence electrons. The Hall–Kier alpha value is -2.70. The van der Waals surface area contributed by atoms with Crippen molar-refractivity contribution in [2.24, 2.45) is 11.0 Å². The largest absolute Gasteiger partial charge is 0.326 e. The van der Waals surface area contributed by atoms with Gasteiger partial charge in [-0.25, -0.2) is 5.43 Å². The van der Waals surface area contributed by atoms with Crippen LogP contribution in [0.15, 0.2) is 53.6 Å². The molecule has 2 N–H and O–H groups in total. The smallest absolute Gasteiger partial charge is 0.283 e. The fraction of sp³-hybridized carbons (Fsp3) is 0.190. The summed E-state index contributed by atoms with van der Waals surface area (Å²) < 4.78 is 0.956. The molecule has 5 nitrogen and oxygen atoms in total. The molecule has 2 amide bonds. The van der Waals surface area contributed by atoms with E-state index in [0.717, 1.165) is 34.2 Å². The van der Waals surface area contributed by atoms with Crippen LogP contribution in [0.3, 0.4) is 0 Å². The van der Waals surface area contributed by atoms with Gasteiger partial charge in [0.15, 0.2) is 0 Å². The van der Waals surface area contributed by atoms with Gasteiger partial charge in [-0.05, 0) is 43.5 Å². The molecule has 0 spiro atoms. The van der Waals surface area contributed by atoms with Crippen molar-refractivity contribution in [3.8, 4) is 0 Å². The summed E-state index contributed by atoms with van der Waals surface area (Å²) in [5.74, 6) is -0.146. The monoisotopic (exact) mass is 411 g/mol. The summed E-state index contributed by atoms with van der Waals surface area (Å²) in [6.45, 7) is 1.80. The maximum atomic E-state index is 12.5. The van der Waals surface area contributed by atoms with Crippen LogP contribution in [0.25, 0.3) is 10.1 Å². The molecule has 28 heavy (non-hydrogen) atoms. The van der Waals surface area contributed by atoms with E-state index in [9.17, 15) is 9.59 Å². The first kappa shape index (κ1) is 18.7. The molecule has 0 atom stereocenters. The maximum Gasteiger partial charge on any atom is 0.283 e. The highest BCUT2D eigenvalue weighted by molar-refractivity contribution is 7.21. The van der Waals surface area contributed by atoms with E-state index in [1.165, 1.54) is 11.3 Å². The number of nitrogens with zero attached hydrogens (tertiary/aromatic N) is 1. The SMILES string of the molecule is C/C(=N/NC(=O)c1sc2ccccc2c1Cl)c1cccc(NC(=O)C2CC2)c1. The summed E-state index contributed by atoms with van der Waals surface area (Å²) in [7, 11) is 0. The third-order valence-corrected chi connectivity index (χ3v) is 6.24. The Kier molecular flexibility index (Phi) is 5.15. The number of hydrazone groups is 1. The Labute approximate surface area is 171 Å². The Bertz CT molecular complexity index is 1100. The first-order valence-electron chi connectivity index (χ1n) is 8.96. The van der Waals surface area contributed by atoms with E-state index in [1.54, 1.807) is 6.92 Å². The highest BCUT2D eigenvalue weighted by atomic mass is 35.5. The van der Waals surface area contributed by atoms with Crippen molar-refractivity contribution in [3.05, 3.63) is 64.0 Å². The number of carbonyl (C=O) groups is 2. The molecule has 0 bridgehead atoms. The lowest BCUT2D eigenvalue weighted by atomic mass is 10.1. The average molecular weight is 412 g/mol. The predicted molar refractivity (Wildman–Crippen MR) is 114 cm³/mol. The summed E-state index contributed by atoms with van der Waals surface area (Å²) in [6, 6.07) is 15.0. The Morgan fingerprint density at radius 3 is 2.68 bits per heavy atom. The number of thiophene rings is 1. The molecular formula is C21H18ClN3O2S. The summed E-state index contributed by atoms with van der Waals surface area (Å²) in [6.07, 6.45) is 1.91. The zero-order valence-corrected chi connectivity index (χ0v) is 16.7. The van der Waals surface area contributed by atoms with Crippen LogP contribution in [0.2, 0.25) is 5.02 Å². The molecule has 4 rings (SSSR count). The number of anilines is 1. The molecule has 1 aliphatic carbocycles. The molecular weight excluding hydrogens is 394 g/mol. The van der Waals surface area contributed by atoms with Crippen LogP contribution in [-0.4, -0.2) is 17.5 Å². The standard InChI is InChI=1S/C21H18ClN3O2S/c1-12(14-5-4-6-15(11-14)23-20(26)13-9-10-13)24-25-21(27)19-18(22)16-7-2-3-8-17(16)28-19/h2-8,11,13H,9-10H2,1H3,(H,23,26)(H,25,27)/b24-12-. The van der Waals surface area contributed by atoms with Gasteiger partial charge in [0, 0.05) is 21.7 Å². The zero-order chi connectivity index (χ0) is 19.7. The van der Waals surface area contributed by atoms with Gasteiger partial charge in [-0.1, -0.05) is 41.9 Å². The molecule has 2 aromatic carbocycles. The van der Waals surface area contributed by atoms with Crippen LogP contribution in [0.5, 0.6) is 0 Å². The number of amides is 2. The molecule has 1 saturated carbocycles. The van der Waals surface area contributed by atoms with Crippen molar-refractivity contribution in [1.82, 2.24) is 5.43 Å².